The van der Waals surface area contributed by atoms with Crippen LogP contribution in [0.15, 0.2) is 16.9 Å². The molecule has 0 aliphatic rings. The molecule has 0 spiro atoms. The number of halogens is 1. The average molecular weight is 341 g/mol. The lowest BCUT2D eigenvalue weighted by Crippen LogP contribution is -2.12. The van der Waals surface area contributed by atoms with Gasteiger partial charge >= 0.3 is 6.01 Å². The van der Waals surface area contributed by atoms with Crippen molar-refractivity contribution in [2.24, 2.45) is 0 Å². The van der Waals surface area contributed by atoms with Crippen LogP contribution in [0.4, 0.5) is 5.95 Å². The van der Waals surface area contributed by atoms with Crippen molar-refractivity contribution in [1.29, 1.82) is 0 Å². The predicted molar refractivity (Wildman–Crippen MR) is 79.2 cm³/mol. The Morgan fingerprint density at radius 3 is 2.75 bits per heavy atom. The summed E-state index contributed by atoms with van der Waals surface area (Å²) in [4.78, 5) is 12.8. The smallest absolute Gasteiger partial charge is 0.323 e. The van der Waals surface area contributed by atoms with Gasteiger partial charge in [0.25, 0.3) is 5.95 Å². The molecule has 0 aliphatic carbocycles. The summed E-state index contributed by atoms with van der Waals surface area (Å²) in [5.74, 6) is 0.921. The number of anilines is 1. The SMILES string of the molecule is CCCNc1nc(OCCC)nc(-n2cc(Br)cn2)n1. The van der Waals surface area contributed by atoms with E-state index in [1.54, 1.807) is 17.1 Å². The van der Waals surface area contributed by atoms with E-state index in [9.17, 15) is 0 Å². The Labute approximate surface area is 125 Å². The van der Waals surface area contributed by atoms with Gasteiger partial charge in [0, 0.05) is 12.7 Å². The first-order chi connectivity index (χ1) is 9.72. The van der Waals surface area contributed by atoms with Crippen LogP contribution in [0.1, 0.15) is 26.7 Å². The number of rotatable bonds is 7. The molecule has 0 fully saturated rings. The molecule has 0 radical (unpaired) electrons. The Kier molecular flexibility index (Phi) is 5.28. The van der Waals surface area contributed by atoms with Gasteiger partial charge in [-0.2, -0.15) is 20.1 Å². The van der Waals surface area contributed by atoms with E-state index >= 15 is 0 Å². The van der Waals surface area contributed by atoms with Gasteiger partial charge in [-0.3, -0.25) is 0 Å². The van der Waals surface area contributed by atoms with Crippen LogP contribution in [-0.2, 0) is 0 Å². The van der Waals surface area contributed by atoms with Gasteiger partial charge in [0.1, 0.15) is 0 Å². The van der Waals surface area contributed by atoms with Crippen molar-refractivity contribution in [3.63, 3.8) is 0 Å². The molecular formula is C12H17BrN6O. The van der Waals surface area contributed by atoms with E-state index in [1.807, 2.05) is 6.92 Å². The Morgan fingerprint density at radius 1 is 1.25 bits per heavy atom. The van der Waals surface area contributed by atoms with E-state index in [4.69, 9.17) is 4.74 Å². The molecule has 2 heterocycles. The number of hydrogen-bond donors (Lipinski definition) is 1. The molecule has 2 rings (SSSR count). The minimum Gasteiger partial charge on any atom is -0.463 e. The van der Waals surface area contributed by atoms with Crippen molar-refractivity contribution in [3.05, 3.63) is 16.9 Å². The second-order valence-electron chi connectivity index (χ2n) is 4.12. The maximum Gasteiger partial charge on any atom is 0.323 e. The number of nitrogens with one attached hydrogen (secondary N) is 1. The molecule has 7 nitrogen and oxygen atoms in total. The second-order valence-corrected chi connectivity index (χ2v) is 5.04. The van der Waals surface area contributed by atoms with Crippen LogP contribution in [0.25, 0.3) is 5.95 Å². The highest BCUT2D eigenvalue weighted by Crippen LogP contribution is 2.14. The zero-order chi connectivity index (χ0) is 14.4. The van der Waals surface area contributed by atoms with Crippen LogP contribution in [0, 0.1) is 0 Å². The van der Waals surface area contributed by atoms with Crippen LogP contribution in [-0.4, -0.2) is 37.9 Å². The van der Waals surface area contributed by atoms with Crippen LogP contribution in [0.5, 0.6) is 6.01 Å². The summed E-state index contributed by atoms with van der Waals surface area (Å²) in [5, 5.41) is 7.30. The van der Waals surface area contributed by atoms with Crippen LogP contribution < -0.4 is 10.1 Å². The first-order valence-corrected chi connectivity index (χ1v) is 7.35. The van der Waals surface area contributed by atoms with Crippen LogP contribution >= 0.6 is 15.9 Å². The largest absolute Gasteiger partial charge is 0.463 e. The number of aromatic nitrogens is 5. The van der Waals surface area contributed by atoms with E-state index in [0.29, 0.717) is 24.5 Å². The third-order valence-electron chi connectivity index (χ3n) is 2.33. The number of nitrogens with zero attached hydrogens (tertiary/aromatic N) is 5. The monoisotopic (exact) mass is 340 g/mol. The molecule has 0 saturated carbocycles. The fraction of sp³-hybridized carbons (Fsp3) is 0.500. The van der Waals surface area contributed by atoms with Gasteiger partial charge in [0.2, 0.25) is 5.95 Å². The zero-order valence-corrected chi connectivity index (χ0v) is 13.1. The molecule has 20 heavy (non-hydrogen) atoms. The maximum absolute atomic E-state index is 5.49. The first-order valence-electron chi connectivity index (χ1n) is 6.56. The topological polar surface area (TPSA) is 77.8 Å². The summed E-state index contributed by atoms with van der Waals surface area (Å²) >= 11 is 3.35. The molecule has 0 unspecified atom stereocenters. The highest BCUT2D eigenvalue weighted by Gasteiger charge is 2.10. The lowest BCUT2D eigenvalue weighted by atomic mass is 10.5. The van der Waals surface area contributed by atoms with Crippen molar-refractivity contribution in [3.8, 4) is 12.0 Å². The molecule has 0 amide bonds. The number of hydrogen-bond acceptors (Lipinski definition) is 6. The molecule has 0 atom stereocenters. The van der Waals surface area contributed by atoms with E-state index in [-0.39, 0.29) is 0 Å². The summed E-state index contributed by atoms with van der Waals surface area (Å²) in [6.07, 6.45) is 5.34. The Bertz CT molecular complexity index is 532. The minimum absolute atomic E-state index is 0.307. The lowest BCUT2D eigenvalue weighted by Gasteiger charge is -2.08. The van der Waals surface area contributed by atoms with Gasteiger partial charge in [-0.15, -0.1) is 0 Å². The van der Waals surface area contributed by atoms with Crippen molar-refractivity contribution >= 4 is 21.9 Å². The third kappa shape index (κ3) is 3.89. The predicted octanol–water partition coefficient (Wildman–Crippen LogP) is 2.43. The van der Waals surface area contributed by atoms with Crippen molar-refractivity contribution in [2.75, 3.05) is 18.5 Å². The Hall–Kier alpha value is -1.70. The van der Waals surface area contributed by atoms with Crippen molar-refractivity contribution in [2.45, 2.75) is 26.7 Å². The molecule has 0 aromatic carbocycles. The molecular weight excluding hydrogens is 324 g/mol. The maximum atomic E-state index is 5.49. The normalized spacial score (nSPS) is 10.6. The Balaban J connectivity index is 2.29. The highest BCUT2D eigenvalue weighted by molar-refractivity contribution is 9.10. The molecule has 0 bridgehead atoms. The van der Waals surface area contributed by atoms with Gasteiger partial charge < -0.3 is 10.1 Å². The highest BCUT2D eigenvalue weighted by atomic mass is 79.9. The van der Waals surface area contributed by atoms with Crippen LogP contribution in [0.2, 0.25) is 0 Å². The van der Waals surface area contributed by atoms with Gasteiger partial charge in [0.15, 0.2) is 0 Å². The fourth-order valence-electron chi connectivity index (χ4n) is 1.43. The first kappa shape index (κ1) is 14.7. The Morgan fingerprint density at radius 2 is 2.10 bits per heavy atom. The molecule has 2 aromatic rings. The standard InChI is InChI=1S/C12H17BrN6O/c1-3-5-14-10-16-11(19-8-9(13)7-15-19)18-12(17-10)20-6-4-2/h7-8H,3-6H2,1-2H3,(H,14,16,17,18). The van der Waals surface area contributed by atoms with Crippen LogP contribution in [0.3, 0.4) is 0 Å². The quantitative estimate of drug-likeness (QED) is 0.833. The molecule has 0 aliphatic heterocycles. The van der Waals surface area contributed by atoms with Gasteiger partial charge in [-0.25, -0.2) is 4.68 Å². The summed E-state index contributed by atoms with van der Waals surface area (Å²) in [5.41, 5.74) is 0. The molecule has 108 valence electrons. The molecule has 1 N–H and O–H groups in total. The summed E-state index contributed by atoms with van der Waals surface area (Å²) in [6, 6.07) is 0.307. The van der Waals surface area contributed by atoms with Gasteiger partial charge in [-0.1, -0.05) is 13.8 Å². The van der Waals surface area contributed by atoms with E-state index < -0.39 is 0 Å². The molecule has 8 heteroatoms. The fourth-order valence-corrected chi connectivity index (χ4v) is 1.72. The van der Waals surface area contributed by atoms with E-state index in [2.05, 4.69) is 48.2 Å². The van der Waals surface area contributed by atoms with E-state index in [0.717, 1.165) is 23.9 Å². The van der Waals surface area contributed by atoms with Gasteiger partial charge in [-0.05, 0) is 28.8 Å². The molecule has 0 saturated heterocycles. The molecule has 2 aromatic heterocycles. The minimum atomic E-state index is 0.307. The summed E-state index contributed by atoms with van der Waals surface area (Å²) < 4.78 is 7.92. The van der Waals surface area contributed by atoms with Gasteiger partial charge in [0.05, 0.1) is 17.3 Å². The average Bonchev–Trinajstić information content (AvgIpc) is 2.89. The summed E-state index contributed by atoms with van der Waals surface area (Å²) in [7, 11) is 0. The number of ether oxygens (including phenoxy) is 1. The van der Waals surface area contributed by atoms with Crippen molar-refractivity contribution < 1.29 is 4.74 Å². The van der Waals surface area contributed by atoms with E-state index in [1.165, 1.54) is 0 Å². The van der Waals surface area contributed by atoms with Crippen molar-refractivity contribution in [1.82, 2.24) is 24.7 Å². The lowest BCUT2D eigenvalue weighted by molar-refractivity contribution is 0.291. The third-order valence-corrected chi connectivity index (χ3v) is 2.74. The zero-order valence-electron chi connectivity index (χ0n) is 11.5. The second kappa shape index (κ2) is 7.18. The summed E-state index contributed by atoms with van der Waals surface area (Å²) in [6.45, 7) is 5.47.